The van der Waals surface area contributed by atoms with Crippen molar-refractivity contribution in [2.45, 2.75) is 19.3 Å². The van der Waals surface area contributed by atoms with Gasteiger partial charge >= 0.3 is 0 Å². The number of hydrogen-bond acceptors (Lipinski definition) is 1. The number of benzene rings is 1. The molecule has 0 aromatic heterocycles. The Bertz CT molecular complexity index is 351. The average Bonchev–Trinajstić information content (AvgIpc) is 2.18. The predicted molar refractivity (Wildman–Crippen MR) is 57.7 cm³/mol. The Balaban J connectivity index is 2.24. The molecule has 1 saturated heterocycles. The van der Waals surface area contributed by atoms with E-state index in [1.807, 2.05) is 29.2 Å². The lowest BCUT2D eigenvalue weighted by Crippen LogP contribution is -2.35. The molecular formula is C11H12ClNO. The van der Waals surface area contributed by atoms with Crippen LogP contribution in [0.4, 0.5) is 5.69 Å². The third kappa shape index (κ3) is 1.90. The molecule has 1 aromatic rings. The Hall–Kier alpha value is -1.02. The van der Waals surface area contributed by atoms with Crippen LogP contribution < -0.4 is 4.90 Å². The molecular weight excluding hydrogens is 198 g/mol. The standard InChI is InChI=1S/C11H12ClNO/c12-9-4-3-5-10(8-9)13-7-2-1-6-11(13)14/h3-5,8H,1-2,6-7H2. The van der Waals surface area contributed by atoms with Crippen LogP contribution in [0, 0.1) is 0 Å². The monoisotopic (exact) mass is 209 g/mol. The Morgan fingerprint density at radius 2 is 2.14 bits per heavy atom. The zero-order valence-electron chi connectivity index (χ0n) is 7.87. The predicted octanol–water partition coefficient (Wildman–Crippen LogP) is 2.86. The van der Waals surface area contributed by atoms with Crippen molar-refractivity contribution >= 4 is 23.2 Å². The van der Waals surface area contributed by atoms with E-state index in [2.05, 4.69) is 0 Å². The number of carbonyl (C=O) groups excluding carboxylic acids is 1. The van der Waals surface area contributed by atoms with Crippen LogP contribution in [0.2, 0.25) is 5.02 Å². The highest BCUT2D eigenvalue weighted by Gasteiger charge is 2.19. The van der Waals surface area contributed by atoms with E-state index >= 15 is 0 Å². The second kappa shape index (κ2) is 4.01. The van der Waals surface area contributed by atoms with Crippen molar-refractivity contribution in [3.05, 3.63) is 29.3 Å². The van der Waals surface area contributed by atoms with E-state index < -0.39 is 0 Å². The van der Waals surface area contributed by atoms with Gasteiger partial charge in [0.05, 0.1) is 0 Å². The van der Waals surface area contributed by atoms with Crippen molar-refractivity contribution in [1.29, 1.82) is 0 Å². The number of carbonyl (C=O) groups is 1. The summed E-state index contributed by atoms with van der Waals surface area (Å²) in [6.45, 7) is 0.819. The number of hydrogen-bond donors (Lipinski definition) is 0. The molecule has 1 fully saturated rings. The highest BCUT2D eigenvalue weighted by Crippen LogP contribution is 2.23. The van der Waals surface area contributed by atoms with Crippen LogP contribution in [0.1, 0.15) is 19.3 Å². The summed E-state index contributed by atoms with van der Waals surface area (Å²) in [4.78, 5) is 13.4. The lowest BCUT2D eigenvalue weighted by Gasteiger charge is -2.26. The van der Waals surface area contributed by atoms with Gasteiger partial charge in [-0.1, -0.05) is 17.7 Å². The minimum absolute atomic E-state index is 0.207. The maximum absolute atomic E-state index is 11.6. The minimum Gasteiger partial charge on any atom is -0.312 e. The van der Waals surface area contributed by atoms with E-state index in [-0.39, 0.29) is 5.91 Å². The van der Waals surface area contributed by atoms with Crippen molar-refractivity contribution in [1.82, 2.24) is 0 Å². The summed E-state index contributed by atoms with van der Waals surface area (Å²) in [5.41, 5.74) is 0.919. The molecule has 1 aliphatic heterocycles. The van der Waals surface area contributed by atoms with Crippen LogP contribution in [0.25, 0.3) is 0 Å². The van der Waals surface area contributed by atoms with E-state index in [1.165, 1.54) is 0 Å². The molecule has 0 atom stereocenters. The first-order valence-corrected chi connectivity index (χ1v) is 5.21. The van der Waals surface area contributed by atoms with Crippen LogP contribution in [0.15, 0.2) is 24.3 Å². The molecule has 0 bridgehead atoms. The zero-order chi connectivity index (χ0) is 9.97. The van der Waals surface area contributed by atoms with Gasteiger partial charge in [-0.05, 0) is 31.0 Å². The molecule has 0 saturated carbocycles. The average molecular weight is 210 g/mol. The number of amides is 1. The van der Waals surface area contributed by atoms with Crippen LogP contribution in [0.3, 0.4) is 0 Å². The van der Waals surface area contributed by atoms with Crippen molar-refractivity contribution in [2.24, 2.45) is 0 Å². The smallest absolute Gasteiger partial charge is 0.226 e. The molecule has 0 spiro atoms. The highest BCUT2D eigenvalue weighted by atomic mass is 35.5. The Morgan fingerprint density at radius 3 is 2.86 bits per heavy atom. The minimum atomic E-state index is 0.207. The Labute approximate surface area is 88.5 Å². The first-order valence-electron chi connectivity index (χ1n) is 4.83. The quantitative estimate of drug-likeness (QED) is 0.697. The molecule has 2 rings (SSSR count). The number of anilines is 1. The maximum atomic E-state index is 11.6. The van der Waals surface area contributed by atoms with E-state index in [0.717, 1.165) is 25.1 Å². The third-order valence-electron chi connectivity index (χ3n) is 2.44. The first-order chi connectivity index (χ1) is 6.77. The van der Waals surface area contributed by atoms with Crippen LogP contribution in [-0.4, -0.2) is 12.5 Å². The summed E-state index contributed by atoms with van der Waals surface area (Å²) in [5.74, 6) is 0.207. The highest BCUT2D eigenvalue weighted by molar-refractivity contribution is 6.30. The molecule has 0 aliphatic carbocycles. The van der Waals surface area contributed by atoms with Crippen LogP contribution in [-0.2, 0) is 4.79 Å². The molecule has 1 aliphatic rings. The SMILES string of the molecule is O=C1CCCCN1c1cccc(Cl)c1. The largest absolute Gasteiger partial charge is 0.312 e. The molecule has 3 heteroatoms. The molecule has 1 heterocycles. The number of rotatable bonds is 1. The van der Waals surface area contributed by atoms with Gasteiger partial charge in [-0.25, -0.2) is 0 Å². The van der Waals surface area contributed by atoms with E-state index in [9.17, 15) is 4.79 Å². The van der Waals surface area contributed by atoms with Gasteiger partial charge in [0.1, 0.15) is 0 Å². The van der Waals surface area contributed by atoms with Gasteiger partial charge in [0.15, 0.2) is 0 Å². The van der Waals surface area contributed by atoms with Crippen LogP contribution in [0.5, 0.6) is 0 Å². The van der Waals surface area contributed by atoms with Gasteiger partial charge in [-0.2, -0.15) is 0 Å². The van der Waals surface area contributed by atoms with E-state index in [4.69, 9.17) is 11.6 Å². The molecule has 0 N–H and O–H groups in total. The summed E-state index contributed by atoms with van der Waals surface area (Å²) in [6, 6.07) is 7.46. The van der Waals surface area contributed by atoms with Crippen molar-refractivity contribution < 1.29 is 4.79 Å². The third-order valence-corrected chi connectivity index (χ3v) is 2.68. The number of piperidine rings is 1. The molecule has 0 unspecified atom stereocenters. The van der Waals surface area contributed by atoms with Gasteiger partial charge in [-0.3, -0.25) is 4.79 Å². The van der Waals surface area contributed by atoms with Gasteiger partial charge in [-0.15, -0.1) is 0 Å². The Kier molecular flexibility index (Phi) is 2.73. The first kappa shape index (κ1) is 9.53. The maximum Gasteiger partial charge on any atom is 0.226 e. The van der Waals surface area contributed by atoms with Crippen molar-refractivity contribution in [3.8, 4) is 0 Å². The fourth-order valence-electron chi connectivity index (χ4n) is 1.72. The summed E-state index contributed by atoms with van der Waals surface area (Å²) in [6.07, 6.45) is 2.75. The van der Waals surface area contributed by atoms with Crippen molar-refractivity contribution in [2.75, 3.05) is 11.4 Å². The Morgan fingerprint density at radius 1 is 1.29 bits per heavy atom. The van der Waals surface area contributed by atoms with E-state index in [0.29, 0.717) is 11.4 Å². The lowest BCUT2D eigenvalue weighted by molar-refractivity contribution is -0.119. The van der Waals surface area contributed by atoms with Crippen molar-refractivity contribution in [3.63, 3.8) is 0 Å². The summed E-state index contributed by atoms with van der Waals surface area (Å²) >= 11 is 5.87. The summed E-state index contributed by atoms with van der Waals surface area (Å²) < 4.78 is 0. The van der Waals surface area contributed by atoms with Gasteiger partial charge in [0.2, 0.25) is 5.91 Å². The topological polar surface area (TPSA) is 20.3 Å². The number of nitrogens with zero attached hydrogens (tertiary/aromatic N) is 1. The number of halogens is 1. The molecule has 14 heavy (non-hydrogen) atoms. The van der Waals surface area contributed by atoms with Gasteiger partial charge in [0.25, 0.3) is 0 Å². The summed E-state index contributed by atoms with van der Waals surface area (Å²) in [5, 5.41) is 0.681. The van der Waals surface area contributed by atoms with Gasteiger partial charge < -0.3 is 4.90 Å². The fourth-order valence-corrected chi connectivity index (χ4v) is 1.91. The lowest BCUT2D eigenvalue weighted by atomic mass is 10.1. The molecule has 74 valence electrons. The second-order valence-corrected chi connectivity index (χ2v) is 3.92. The molecule has 0 radical (unpaired) electrons. The van der Waals surface area contributed by atoms with Gasteiger partial charge in [0, 0.05) is 23.7 Å². The fraction of sp³-hybridized carbons (Fsp3) is 0.364. The molecule has 1 amide bonds. The molecule has 2 nitrogen and oxygen atoms in total. The normalized spacial score (nSPS) is 17.2. The zero-order valence-corrected chi connectivity index (χ0v) is 8.63. The molecule has 1 aromatic carbocycles. The van der Waals surface area contributed by atoms with Crippen LogP contribution >= 0.6 is 11.6 Å². The summed E-state index contributed by atoms with van der Waals surface area (Å²) in [7, 11) is 0. The second-order valence-electron chi connectivity index (χ2n) is 3.48. The van der Waals surface area contributed by atoms with E-state index in [1.54, 1.807) is 0 Å².